The van der Waals surface area contributed by atoms with Crippen LogP contribution >= 0.6 is 0 Å². The minimum absolute atomic E-state index is 0.291. The highest BCUT2D eigenvalue weighted by Crippen LogP contribution is 2.16. The maximum Gasteiger partial charge on any atom is 0.335 e. The summed E-state index contributed by atoms with van der Waals surface area (Å²) in [6, 6.07) is 5.12. The molecule has 0 atom stereocenters. The van der Waals surface area contributed by atoms with E-state index in [0.717, 1.165) is 30.5 Å². The van der Waals surface area contributed by atoms with Crippen molar-refractivity contribution in [3.63, 3.8) is 0 Å². The van der Waals surface area contributed by atoms with Gasteiger partial charge in [0.15, 0.2) is 0 Å². The molecular formula is C15H19N3O2. The van der Waals surface area contributed by atoms with Crippen LogP contribution in [-0.4, -0.2) is 45.2 Å². The van der Waals surface area contributed by atoms with Crippen molar-refractivity contribution in [1.82, 2.24) is 14.5 Å². The van der Waals surface area contributed by atoms with Gasteiger partial charge in [0.25, 0.3) is 0 Å². The van der Waals surface area contributed by atoms with Crippen molar-refractivity contribution >= 4 is 17.0 Å². The van der Waals surface area contributed by atoms with E-state index in [-0.39, 0.29) is 0 Å². The first kappa shape index (κ1) is 13.1. The molecule has 5 heteroatoms. The van der Waals surface area contributed by atoms with E-state index in [1.165, 1.54) is 25.9 Å². The predicted molar refractivity (Wildman–Crippen MR) is 77.0 cm³/mol. The molecule has 5 nitrogen and oxygen atoms in total. The van der Waals surface area contributed by atoms with Gasteiger partial charge >= 0.3 is 5.97 Å². The molecule has 0 unspecified atom stereocenters. The molecule has 2 aromatic rings. The second-order valence-electron chi connectivity index (χ2n) is 5.35. The number of aromatic carboxylic acids is 1. The van der Waals surface area contributed by atoms with Crippen molar-refractivity contribution in [3.05, 3.63) is 30.1 Å². The molecule has 0 saturated carbocycles. The van der Waals surface area contributed by atoms with Gasteiger partial charge in [-0.1, -0.05) is 0 Å². The molecule has 106 valence electrons. The molecule has 1 aromatic heterocycles. The van der Waals surface area contributed by atoms with Crippen molar-refractivity contribution in [3.8, 4) is 0 Å². The number of imidazole rings is 1. The highest BCUT2D eigenvalue weighted by Gasteiger charge is 2.11. The molecule has 1 fully saturated rings. The summed E-state index contributed by atoms with van der Waals surface area (Å²) >= 11 is 0. The zero-order chi connectivity index (χ0) is 13.9. The number of hydrogen-bond acceptors (Lipinski definition) is 3. The topological polar surface area (TPSA) is 58.4 Å². The lowest BCUT2D eigenvalue weighted by atomic mass is 10.2. The zero-order valence-corrected chi connectivity index (χ0v) is 11.5. The van der Waals surface area contributed by atoms with Crippen LogP contribution in [0.4, 0.5) is 0 Å². The Labute approximate surface area is 117 Å². The Bertz CT molecular complexity index is 615. The fourth-order valence-electron chi connectivity index (χ4n) is 2.85. The van der Waals surface area contributed by atoms with Gasteiger partial charge < -0.3 is 14.6 Å². The minimum atomic E-state index is -0.907. The number of aromatic nitrogens is 2. The number of likely N-dealkylation sites (tertiary alicyclic amines) is 1. The van der Waals surface area contributed by atoms with Gasteiger partial charge in [-0.25, -0.2) is 9.78 Å². The first-order valence-electron chi connectivity index (χ1n) is 7.14. The molecule has 1 N–H and O–H groups in total. The second kappa shape index (κ2) is 5.63. The van der Waals surface area contributed by atoms with E-state index in [1.54, 1.807) is 18.5 Å². The molecule has 0 aliphatic carbocycles. The number of fused-ring (bicyclic) bond motifs is 1. The normalized spacial score (nSPS) is 16.0. The van der Waals surface area contributed by atoms with Crippen LogP contribution in [0.2, 0.25) is 0 Å². The third-order valence-corrected chi connectivity index (χ3v) is 3.94. The SMILES string of the molecule is O=C(O)c1ccc2c(c1)ncn2CCCN1CCCC1. The van der Waals surface area contributed by atoms with Gasteiger partial charge in [0, 0.05) is 6.54 Å². The number of carboxylic acids is 1. The van der Waals surface area contributed by atoms with Gasteiger partial charge in [-0.15, -0.1) is 0 Å². The van der Waals surface area contributed by atoms with Gasteiger partial charge in [-0.2, -0.15) is 0 Å². The Balaban J connectivity index is 1.67. The van der Waals surface area contributed by atoms with Crippen LogP contribution in [0.25, 0.3) is 11.0 Å². The van der Waals surface area contributed by atoms with Crippen molar-refractivity contribution < 1.29 is 9.90 Å². The van der Waals surface area contributed by atoms with E-state index >= 15 is 0 Å². The molecule has 1 saturated heterocycles. The maximum atomic E-state index is 10.9. The molecule has 2 heterocycles. The molecule has 0 amide bonds. The summed E-state index contributed by atoms with van der Waals surface area (Å²) < 4.78 is 2.11. The molecule has 0 radical (unpaired) electrons. The zero-order valence-electron chi connectivity index (χ0n) is 11.5. The smallest absolute Gasteiger partial charge is 0.335 e. The highest BCUT2D eigenvalue weighted by atomic mass is 16.4. The molecule has 1 aliphatic heterocycles. The average Bonchev–Trinajstić information content (AvgIpc) is 3.08. The molecule has 0 bridgehead atoms. The summed E-state index contributed by atoms with van der Waals surface area (Å²) in [4.78, 5) is 17.7. The van der Waals surface area contributed by atoms with Crippen LogP contribution in [-0.2, 0) is 6.54 Å². The van der Waals surface area contributed by atoms with Crippen LogP contribution in [0.5, 0.6) is 0 Å². The minimum Gasteiger partial charge on any atom is -0.478 e. The number of nitrogens with zero attached hydrogens (tertiary/aromatic N) is 3. The Hall–Kier alpha value is -1.88. The molecule has 0 spiro atoms. The van der Waals surface area contributed by atoms with Crippen LogP contribution in [0.3, 0.4) is 0 Å². The summed E-state index contributed by atoms with van der Waals surface area (Å²) in [5.41, 5.74) is 2.06. The number of rotatable bonds is 5. The highest BCUT2D eigenvalue weighted by molar-refractivity contribution is 5.92. The monoisotopic (exact) mass is 273 g/mol. The number of hydrogen-bond donors (Lipinski definition) is 1. The number of benzene rings is 1. The summed E-state index contributed by atoms with van der Waals surface area (Å²) in [7, 11) is 0. The average molecular weight is 273 g/mol. The fourth-order valence-corrected chi connectivity index (χ4v) is 2.85. The number of aryl methyl sites for hydroxylation is 1. The van der Waals surface area contributed by atoms with Crippen LogP contribution in [0.15, 0.2) is 24.5 Å². The summed E-state index contributed by atoms with van der Waals surface area (Å²) in [5.74, 6) is -0.907. The first-order valence-corrected chi connectivity index (χ1v) is 7.14. The maximum absolute atomic E-state index is 10.9. The summed E-state index contributed by atoms with van der Waals surface area (Å²) in [6.45, 7) is 4.52. The number of carbonyl (C=O) groups is 1. The summed E-state index contributed by atoms with van der Waals surface area (Å²) in [5, 5.41) is 8.97. The van der Waals surface area contributed by atoms with Gasteiger partial charge in [0.1, 0.15) is 0 Å². The third kappa shape index (κ3) is 2.67. The van der Waals surface area contributed by atoms with Crippen LogP contribution in [0.1, 0.15) is 29.6 Å². The largest absolute Gasteiger partial charge is 0.478 e. The predicted octanol–water partition coefficient (Wildman–Crippen LogP) is 2.22. The molecule has 3 rings (SSSR count). The molecule has 1 aliphatic rings. The van der Waals surface area contributed by atoms with E-state index in [2.05, 4.69) is 14.5 Å². The van der Waals surface area contributed by atoms with Gasteiger partial charge in [0.2, 0.25) is 0 Å². The quantitative estimate of drug-likeness (QED) is 0.907. The molecular weight excluding hydrogens is 254 g/mol. The van der Waals surface area contributed by atoms with Gasteiger partial charge in [-0.05, 0) is 57.1 Å². The van der Waals surface area contributed by atoms with Gasteiger partial charge in [0.05, 0.1) is 22.9 Å². The lowest BCUT2D eigenvalue weighted by Crippen LogP contribution is -2.21. The van der Waals surface area contributed by atoms with E-state index < -0.39 is 5.97 Å². The van der Waals surface area contributed by atoms with Crippen molar-refractivity contribution in [2.24, 2.45) is 0 Å². The standard InChI is InChI=1S/C15H19N3O2/c19-15(20)12-4-5-14-13(10-12)16-11-18(14)9-3-8-17-6-1-2-7-17/h4-5,10-11H,1-3,6-9H2,(H,19,20). The Morgan fingerprint density at radius 1 is 1.25 bits per heavy atom. The molecule has 1 aromatic carbocycles. The third-order valence-electron chi connectivity index (χ3n) is 3.94. The first-order chi connectivity index (χ1) is 9.74. The summed E-state index contributed by atoms with van der Waals surface area (Å²) in [6.07, 6.45) is 5.56. The van der Waals surface area contributed by atoms with Gasteiger partial charge in [-0.3, -0.25) is 0 Å². The molecule has 20 heavy (non-hydrogen) atoms. The lowest BCUT2D eigenvalue weighted by molar-refractivity contribution is 0.0697. The van der Waals surface area contributed by atoms with E-state index in [0.29, 0.717) is 5.56 Å². The van der Waals surface area contributed by atoms with Crippen molar-refractivity contribution in [2.45, 2.75) is 25.8 Å². The van der Waals surface area contributed by atoms with Crippen LogP contribution < -0.4 is 0 Å². The van der Waals surface area contributed by atoms with E-state index in [4.69, 9.17) is 5.11 Å². The fraction of sp³-hybridized carbons (Fsp3) is 0.467. The Kier molecular flexibility index (Phi) is 3.69. The Morgan fingerprint density at radius 2 is 2.05 bits per heavy atom. The van der Waals surface area contributed by atoms with Crippen LogP contribution in [0, 0.1) is 0 Å². The van der Waals surface area contributed by atoms with Crippen molar-refractivity contribution in [1.29, 1.82) is 0 Å². The van der Waals surface area contributed by atoms with E-state index in [9.17, 15) is 4.79 Å². The van der Waals surface area contributed by atoms with E-state index in [1.807, 2.05) is 6.07 Å². The van der Waals surface area contributed by atoms with Crippen molar-refractivity contribution in [2.75, 3.05) is 19.6 Å². The Morgan fingerprint density at radius 3 is 2.80 bits per heavy atom. The lowest BCUT2D eigenvalue weighted by Gasteiger charge is -2.14. The second-order valence-corrected chi connectivity index (χ2v) is 5.35. The number of carboxylic acid groups (broad SMARTS) is 1.